The van der Waals surface area contributed by atoms with Crippen molar-refractivity contribution in [1.82, 2.24) is 15.1 Å². The van der Waals surface area contributed by atoms with Gasteiger partial charge in [-0.1, -0.05) is 11.8 Å². The molecule has 0 bridgehead atoms. The predicted molar refractivity (Wildman–Crippen MR) is 135 cm³/mol. The molecule has 1 N–H and O–H groups in total. The first-order chi connectivity index (χ1) is 16.9. The summed E-state index contributed by atoms with van der Waals surface area (Å²) in [7, 11) is -1.69. The normalized spacial score (nSPS) is 14.1. The second-order valence-corrected chi connectivity index (χ2v) is 10.7. The molecule has 0 atom stereocenters. The smallest absolute Gasteiger partial charge is 0.277 e. The highest BCUT2D eigenvalue weighted by atomic mass is 32.2. The van der Waals surface area contributed by atoms with Crippen LogP contribution >= 0.6 is 11.8 Å². The van der Waals surface area contributed by atoms with Crippen molar-refractivity contribution in [3.8, 4) is 17.2 Å². The van der Waals surface area contributed by atoms with Gasteiger partial charge in [0, 0.05) is 43.1 Å². The van der Waals surface area contributed by atoms with E-state index in [9.17, 15) is 13.2 Å². The first-order valence-corrected chi connectivity index (χ1v) is 13.7. The maximum atomic E-state index is 12.7. The Kier molecular flexibility index (Phi) is 7.81. The molecule has 0 spiro atoms. The van der Waals surface area contributed by atoms with Crippen molar-refractivity contribution in [3.63, 3.8) is 0 Å². The van der Waals surface area contributed by atoms with E-state index < -0.39 is 10.0 Å². The Balaban J connectivity index is 1.26. The molecule has 4 rings (SSSR count). The average Bonchev–Trinajstić information content (AvgIpc) is 3.37. The molecule has 35 heavy (non-hydrogen) atoms. The summed E-state index contributed by atoms with van der Waals surface area (Å²) in [5.41, 5.74) is 2.23. The van der Waals surface area contributed by atoms with Crippen molar-refractivity contribution >= 4 is 39.1 Å². The second-order valence-electron chi connectivity index (χ2n) is 7.81. The van der Waals surface area contributed by atoms with Gasteiger partial charge >= 0.3 is 0 Å². The number of sulfonamides is 1. The summed E-state index contributed by atoms with van der Waals surface area (Å²) in [6.07, 6.45) is 0. The molecule has 0 unspecified atom stereocenters. The van der Waals surface area contributed by atoms with Crippen molar-refractivity contribution in [2.24, 2.45) is 0 Å². The molecule has 1 aliphatic heterocycles. The Hall–Kier alpha value is -3.25. The Morgan fingerprint density at radius 1 is 1.06 bits per heavy atom. The number of methoxy groups -OCH3 is 1. The minimum Gasteiger partial charge on any atom is -0.497 e. The van der Waals surface area contributed by atoms with Gasteiger partial charge in [0.1, 0.15) is 5.75 Å². The molecule has 1 fully saturated rings. The van der Waals surface area contributed by atoms with Gasteiger partial charge < -0.3 is 19.0 Å². The summed E-state index contributed by atoms with van der Waals surface area (Å²) >= 11 is 1.20. The molecule has 2 heterocycles. The zero-order valence-electron chi connectivity index (χ0n) is 19.5. The number of hydrogen-bond donors (Lipinski definition) is 1. The van der Waals surface area contributed by atoms with Crippen molar-refractivity contribution in [3.05, 3.63) is 48.5 Å². The zero-order chi connectivity index (χ0) is 24.8. The van der Waals surface area contributed by atoms with E-state index in [4.69, 9.17) is 9.15 Å². The highest BCUT2D eigenvalue weighted by Gasteiger charge is 2.22. The van der Waals surface area contributed by atoms with Crippen LogP contribution in [-0.2, 0) is 14.8 Å². The van der Waals surface area contributed by atoms with E-state index in [1.165, 1.54) is 11.8 Å². The van der Waals surface area contributed by atoms with Gasteiger partial charge in [0.05, 0.1) is 18.6 Å². The number of anilines is 2. The van der Waals surface area contributed by atoms with Crippen LogP contribution in [0.15, 0.2) is 58.2 Å². The molecule has 1 aliphatic rings. The number of thioether (sulfide) groups is 1. The number of benzene rings is 2. The Morgan fingerprint density at radius 2 is 1.74 bits per heavy atom. The molecule has 1 amide bonds. The number of hydrogen-bond acceptors (Lipinski definition) is 9. The third kappa shape index (κ3) is 6.45. The molecule has 0 aliphatic carbocycles. The van der Waals surface area contributed by atoms with Crippen LogP contribution in [0.1, 0.15) is 6.92 Å². The summed E-state index contributed by atoms with van der Waals surface area (Å²) in [5.74, 6) is 1.35. The molecule has 0 saturated carbocycles. The number of rotatable bonds is 9. The van der Waals surface area contributed by atoms with Crippen LogP contribution < -0.4 is 14.4 Å². The van der Waals surface area contributed by atoms with Crippen LogP contribution in [0.2, 0.25) is 0 Å². The van der Waals surface area contributed by atoms with Crippen LogP contribution in [0.3, 0.4) is 0 Å². The standard InChI is InChI=1S/C23H27N5O5S2/c1-3-35(30,31)26-18-6-4-17(5-7-18)22-24-25-23(33-22)34-16-21(29)28-14-12-27(13-15-28)19-8-10-20(32-2)11-9-19/h4-11,26H,3,12-16H2,1-2H3. The van der Waals surface area contributed by atoms with Gasteiger partial charge in [-0.2, -0.15) is 0 Å². The summed E-state index contributed by atoms with van der Waals surface area (Å²) in [5, 5.41) is 8.36. The molecule has 1 saturated heterocycles. The molecule has 3 aromatic rings. The van der Waals surface area contributed by atoms with Crippen LogP contribution in [0, 0.1) is 0 Å². The highest BCUT2D eigenvalue weighted by molar-refractivity contribution is 7.99. The van der Waals surface area contributed by atoms with Crippen molar-refractivity contribution in [2.75, 3.05) is 54.4 Å². The molecule has 1 aromatic heterocycles. The van der Waals surface area contributed by atoms with Gasteiger partial charge in [0.2, 0.25) is 21.8 Å². The highest BCUT2D eigenvalue weighted by Crippen LogP contribution is 2.25. The third-order valence-electron chi connectivity index (χ3n) is 5.58. The maximum Gasteiger partial charge on any atom is 0.277 e. The fourth-order valence-corrected chi connectivity index (χ4v) is 4.84. The van der Waals surface area contributed by atoms with Crippen LogP contribution in [-0.4, -0.2) is 74.2 Å². The monoisotopic (exact) mass is 517 g/mol. The fraction of sp³-hybridized carbons (Fsp3) is 0.348. The lowest BCUT2D eigenvalue weighted by atomic mass is 10.2. The van der Waals surface area contributed by atoms with Crippen molar-refractivity contribution in [1.29, 1.82) is 0 Å². The van der Waals surface area contributed by atoms with E-state index >= 15 is 0 Å². The number of nitrogens with zero attached hydrogens (tertiary/aromatic N) is 4. The van der Waals surface area contributed by atoms with Crippen molar-refractivity contribution in [2.45, 2.75) is 12.1 Å². The topological polar surface area (TPSA) is 118 Å². The van der Waals surface area contributed by atoms with E-state index in [2.05, 4.69) is 19.8 Å². The minimum atomic E-state index is -3.34. The number of piperazine rings is 1. The Labute approximate surface area is 208 Å². The number of ether oxygens (including phenoxy) is 1. The minimum absolute atomic E-state index is 0.00390. The van der Waals surface area contributed by atoms with Crippen molar-refractivity contribution < 1.29 is 22.4 Å². The van der Waals surface area contributed by atoms with Gasteiger partial charge in [-0.3, -0.25) is 9.52 Å². The van der Waals surface area contributed by atoms with E-state index in [1.807, 2.05) is 29.2 Å². The van der Waals surface area contributed by atoms with Gasteiger partial charge in [-0.05, 0) is 55.5 Å². The Bertz CT molecular complexity index is 1240. The van der Waals surface area contributed by atoms with E-state index in [0.29, 0.717) is 35.5 Å². The van der Waals surface area contributed by atoms with E-state index in [1.54, 1.807) is 38.3 Å². The lowest BCUT2D eigenvalue weighted by Crippen LogP contribution is -2.49. The van der Waals surface area contributed by atoms with Gasteiger partial charge in [0.25, 0.3) is 5.22 Å². The summed E-state index contributed by atoms with van der Waals surface area (Å²) in [4.78, 5) is 16.8. The van der Waals surface area contributed by atoms with Crippen LogP contribution in [0.5, 0.6) is 5.75 Å². The second kappa shape index (κ2) is 11.0. The molecular formula is C23H27N5O5S2. The molecule has 10 nitrogen and oxygen atoms in total. The number of aromatic nitrogens is 2. The van der Waals surface area contributed by atoms with Gasteiger partial charge in [0.15, 0.2) is 0 Å². The van der Waals surface area contributed by atoms with Gasteiger partial charge in [-0.25, -0.2) is 8.42 Å². The maximum absolute atomic E-state index is 12.7. The van der Waals surface area contributed by atoms with E-state index in [0.717, 1.165) is 24.5 Å². The number of nitrogens with one attached hydrogen (secondary N) is 1. The van der Waals surface area contributed by atoms with E-state index in [-0.39, 0.29) is 17.4 Å². The third-order valence-corrected chi connectivity index (χ3v) is 7.69. The summed E-state index contributed by atoms with van der Waals surface area (Å²) in [6, 6.07) is 14.6. The quantitative estimate of drug-likeness (QED) is 0.427. The Morgan fingerprint density at radius 3 is 2.37 bits per heavy atom. The molecule has 12 heteroatoms. The first-order valence-electron chi connectivity index (χ1n) is 11.1. The number of amides is 1. The molecular weight excluding hydrogens is 490 g/mol. The van der Waals surface area contributed by atoms with Crippen LogP contribution in [0.25, 0.3) is 11.5 Å². The first kappa shape index (κ1) is 24.9. The summed E-state index contributed by atoms with van der Waals surface area (Å²) in [6.45, 7) is 4.39. The lowest BCUT2D eigenvalue weighted by Gasteiger charge is -2.36. The zero-order valence-corrected chi connectivity index (χ0v) is 21.1. The predicted octanol–water partition coefficient (Wildman–Crippen LogP) is 2.95. The molecule has 0 radical (unpaired) electrons. The number of carbonyl (C=O) groups is 1. The molecule has 186 valence electrons. The average molecular weight is 518 g/mol. The van der Waals surface area contributed by atoms with Gasteiger partial charge in [-0.15, -0.1) is 10.2 Å². The largest absolute Gasteiger partial charge is 0.497 e. The summed E-state index contributed by atoms with van der Waals surface area (Å²) < 4.78 is 36.7. The SMILES string of the molecule is CCS(=O)(=O)Nc1ccc(-c2nnc(SCC(=O)N3CCN(c4ccc(OC)cc4)CC3)o2)cc1. The number of carbonyl (C=O) groups excluding carboxylic acids is 1. The fourth-order valence-electron chi connectivity index (χ4n) is 3.54. The lowest BCUT2D eigenvalue weighted by molar-refractivity contribution is -0.128. The molecule has 2 aromatic carbocycles. The van der Waals surface area contributed by atoms with Crippen LogP contribution in [0.4, 0.5) is 11.4 Å².